The lowest BCUT2D eigenvalue weighted by molar-refractivity contribution is -0.144. The molecule has 1 N–H and O–H groups in total. The molecular formula is C25H28ClF5N2O3S. The summed E-state index contributed by atoms with van der Waals surface area (Å²) in [5.74, 6) is -3.86. The zero-order chi connectivity index (χ0) is 27.6. The second-order valence-corrected chi connectivity index (χ2v) is 10.9. The third kappa shape index (κ3) is 7.64. The molecule has 0 saturated heterocycles. The molecule has 204 valence electrons. The monoisotopic (exact) mass is 566 g/mol. The van der Waals surface area contributed by atoms with Gasteiger partial charge in [0.25, 0.3) is 0 Å². The second-order valence-electron chi connectivity index (χ2n) is 9.19. The Bertz CT molecular complexity index is 1120. The number of nitrogens with zero attached hydrogens (tertiary/aromatic N) is 2. The highest BCUT2D eigenvalue weighted by molar-refractivity contribution is 7.97. The van der Waals surface area contributed by atoms with Crippen LogP contribution < -0.4 is 9.64 Å². The van der Waals surface area contributed by atoms with Crippen molar-refractivity contribution in [3.8, 4) is 5.75 Å². The molecule has 1 heterocycles. The molecule has 1 saturated carbocycles. The average molecular weight is 567 g/mol. The Kier molecular flexibility index (Phi) is 8.91. The molecule has 2 aromatic carbocycles. The van der Waals surface area contributed by atoms with Crippen molar-refractivity contribution in [2.45, 2.75) is 50.1 Å². The van der Waals surface area contributed by atoms with E-state index >= 15 is 0 Å². The summed E-state index contributed by atoms with van der Waals surface area (Å²) in [4.78, 5) is 13.8. The Balaban J connectivity index is 0.000000568. The minimum absolute atomic E-state index is 0.0625. The fourth-order valence-electron chi connectivity index (χ4n) is 3.45. The summed E-state index contributed by atoms with van der Waals surface area (Å²) in [6, 6.07) is 9.41. The number of alkyl halides is 5. The highest BCUT2D eigenvalue weighted by Crippen LogP contribution is 2.49. The van der Waals surface area contributed by atoms with Gasteiger partial charge in [-0.15, -0.1) is 0 Å². The molecule has 2 aliphatic rings. The molecule has 0 spiro atoms. The predicted octanol–water partition coefficient (Wildman–Crippen LogP) is 7.74. The molecule has 1 aliphatic carbocycles. The minimum Gasteiger partial charge on any atom is -0.492 e. The molecule has 12 heteroatoms. The molecule has 4 rings (SSSR count). The fourth-order valence-corrected chi connectivity index (χ4v) is 4.56. The van der Waals surface area contributed by atoms with Gasteiger partial charge >= 0.3 is 12.1 Å². The topological polar surface area (TPSA) is 53.0 Å². The number of anilines is 2. The first-order chi connectivity index (χ1) is 17.1. The maximum absolute atomic E-state index is 13.9. The van der Waals surface area contributed by atoms with Crippen molar-refractivity contribution in [2.75, 3.05) is 31.6 Å². The molecule has 5 nitrogen and oxygen atoms in total. The number of carboxylic acid groups (broad SMARTS) is 1. The number of hydrogen-bond donors (Lipinski definition) is 1. The summed E-state index contributed by atoms with van der Waals surface area (Å²) in [6.45, 7) is 3.15. The van der Waals surface area contributed by atoms with Crippen molar-refractivity contribution in [1.82, 2.24) is 4.31 Å². The first-order valence-electron chi connectivity index (χ1n) is 11.6. The highest BCUT2D eigenvalue weighted by Gasteiger charge is 2.51. The summed E-state index contributed by atoms with van der Waals surface area (Å²) in [5.41, 5.74) is -0.929. The minimum atomic E-state index is -4.66. The fraction of sp³-hybridized carbons (Fsp3) is 0.480. The molecule has 0 bridgehead atoms. The lowest BCUT2D eigenvalue weighted by Gasteiger charge is -2.26. The summed E-state index contributed by atoms with van der Waals surface area (Å²) in [5, 5.41) is 9.82. The van der Waals surface area contributed by atoms with Crippen LogP contribution in [0.15, 0.2) is 41.3 Å². The Hall–Kier alpha value is -2.24. The number of rotatable bonds is 6. The van der Waals surface area contributed by atoms with Gasteiger partial charge in [0, 0.05) is 30.2 Å². The number of carboxylic acids is 1. The quantitative estimate of drug-likeness (QED) is 0.285. The van der Waals surface area contributed by atoms with E-state index in [1.54, 1.807) is 29.2 Å². The van der Waals surface area contributed by atoms with Gasteiger partial charge in [-0.05, 0) is 69.1 Å². The summed E-state index contributed by atoms with van der Waals surface area (Å²) in [7, 11) is 1.86. The third-order valence-corrected chi connectivity index (χ3v) is 7.35. The van der Waals surface area contributed by atoms with Crippen LogP contribution in [0.3, 0.4) is 0 Å². The Morgan fingerprint density at radius 2 is 1.81 bits per heavy atom. The van der Waals surface area contributed by atoms with E-state index in [0.29, 0.717) is 47.2 Å². The zero-order valence-corrected chi connectivity index (χ0v) is 22.1. The number of benzene rings is 2. The smallest absolute Gasteiger partial charge is 0.420 e. The van der Waals surface area contributed by atoms with E-state index in [2.05, 4.69) is 0 Å². The van der Waals surface area contributed by atoms with Crippen molar-refractivity contribution in [1.29, 1.82) is 0 Å². The number of aliphatic carboxylic acids is 1. The molecule has 0 aromatic heterocycles. The van der Waals surface area contributed by atoms with E-state index < -0.39 is 29.0 Å². The van der Waals surface area contributed by atoms with E-state index in [1.807, 2.05) is 11.4 Å². The predicted molar refractivity (Wildman–Crippen MR) is 134 cm³/mol. The van der Waals surface area contributed by atoms with Gasteiger partial charge in [-0.3, -0.25) is 4.79 Å². The van der Waals surface area contributed by atoms with Crippen LogP contribution in [0.4, 0.5) is 33.3 Å². The van der Waals surface area contributed by atoms with Crippen LogP contribution in [-0.4, -0.2) is 48.0 Å². The molecule has 0 atom stereocenters. The number of carbonyl (C=O) groups is 1. The molecule has 0 amide bonds. The van der Waals surface area contributed by atoms with Gasteiger partial charge < -0.3 is 14.7 Å². The zero-order valence-electron chi connectivity index (χ0n) is 20.5. The maximum Gasteiger partial charge on any atom is 0.420 e. The van der Waals surface area contributed by atoms with Gasteiger partial charge in [0.1, 0.15) is 17.8 Å². The van der Waals surface area contributed by atoms with E-state index in [1.165, 1.54) is 24.9 Å². The Morgan fingerprint density at radius 1 is 1.16 bits per heavy atom. The highest BCUT2D eigenvalue weighted by atomic mass is 35.5. The lowest BCUT2D eigenvalue weighted by Crippen LogP contribution is -2.25. The number of fused-ring (bicyclic) bond motifs is 1. The number of hydrogen-bond acceptors (Lipinski definition) is 5. The van der Waals surface area contributed by atoms with Crippen LogP contribution in [0.2, 0.25) is 5.02 Å². The van der Waals surface area contributed by atoms with E-state index in [-0.39, 0.29) is 18.8 Å². The number of likely N-dealkylation sites (N-methyl/N-ethyl adjacent to an activating group) is 1. The summed E-state index contributed by atoms with van der Waals surface area (Å²) in [6.07, 6.45) is -3.93. The average Bonchev–Trinajstić information content (AvgIpc) is 3.60. The standard InChI is InChI=1S/C21H20ClF3N2O3S.C4H8F2/c1-26-7-8-27(14-4-2-3-13(22)9-14)16-10-15(21(23,24)25)17(11-18(16)31-26)30-12-20(5-6-20)19(28)29;1-3-4(2,5)6/h2-4,9-11H,5-8,12H2,1H3,(H,28,29);3H2,1-2H3. The van der Waals surface area contributed by atoms with Gasteiger partial charge in [-0.25, -0.2) is 13.1 Å². The Labute approximate surface area is 221 Å². The molecule has 0 unspecified atom stereocenters. The summed E-state index contributed by atoms with van der Waals surface area (Å²) < 4.78 is 72.1. The van der Waals surface area contributed by atoms with Gasteiger partial charge in [0.05, 0.1) is 16.1 Å². The van der Waals surface area contributed by atoms with Crippen molar-refractivity contribution in [2.24, 2.45) is 5.41 Å². The Morgan fingerprint density at radius 3 is 2.32 bits per heavy atom. The van der Waals surface area contributed by atoms with E-state index in [0.717, 1.165) is 13.0 Å². The van der Waals surface area contributed by atoms with Crippen LogP contribution >= 0.6 is 23.5 Å². The first kappa shape index (κ1) is 29.3. The first-order valence-corrected chi connectivity index (χ1v) is 12.7. The molecule has 1 fully saturated rings. The molecule has 0 radical (unpaired) electrons. The van der Waals surface area contributed by atoms with Gasteiger partial charge in [-0.1, -0.05) is 24.6 Å². The largest absolute Gasteiger partial charge is 0.492 e. The number of ether oxygens (including phenoxy) is 1. The number of halogens is 6. The summed E-state index contributed by atoms with van der Waals surface area (Å²) >= 11 is 7.43. The van der Waals surface area contributed by atoms with Crippen LogP contribution in [0, 0.1) is 5.41 Å². The van der Waals surface area contributed by atoms with Crippen LogP contribution in [-0.2, 0) is 11.0 Å². The van der Waals surface area contributed by atoms with Gasteiger partial charge in [0.15, 0.2) is 0 Å². The second kappa shape index (κ2) is 11.2. The van der Waals surface area contributed by atoms with Gasteiger partial charge in [0.2, 0.25) is 5.92 Å². The van der Waals surface area contributed by atoms with Crippen LogP contribution in [0.1, 0.15) is 38.7 Å². The molecular weight excluding hydrogens is 539 g/mol. The normalized spacial score (nSPS) is 17.3. The van der Waals surface area contributed by atoms with E-state index in [9.17, 15) is 31.9 Å². The third-order valence-electron chi connectivity index (χ3n) is 6.10. The molecule has 37 heavy (non-hydrogen) atoms. The van der Waals surface area contributed by atoms with Crippen LogP contribution in [0.5, 0.6) is 5.75 Å². The van der Waals surface area contributed by atoms with Crippen molar-refractivity contribution in [3.05, 3.63) is 47.0 Å². The van der Waals surface area contributed by atoms with E-state index in [4.69, 9.17) is 16.3 Å². The maximum atomic E-state index is 13.9. The van der Waals surface area contributed by atoms with Crippen molar-refractivity contribution < 1.29 is 36.6 Å². The van der Waals surface area contributed by atoms with Crippen molar-refractivity contribution in [3.63, 3.8) is 0 Å². The lowest BCUT2D eigenvalue weighted by atomic mass is 10.1. The molecule has 2 aromatic rings. The van der Waals surface area contributed by atoms with Gasteiger partial charge in [-0.2, -0.15) is 13.2 Å². The SMILES string of the molecule is CCC(C)(F)F.CN1CCN(c2cccc(Cl)c2)c2cc(C(F)(F)F)c(OCC3(C(=O)O)CC3)cc2S1. The van der Waals surface area contributed by atoms with Crippen molar-refractivity contribution >= 4 is 40.9 Å². The molecule has 1 aliphatic heterocycles. The van der Waals surface area contributed by atoms with Crippen LogP contribution in [0.25, 0.3) is 0 Å².